The minimum absolute atomic E-state index is 0.0936. The largest absolute Gasteiger partial charge is 0.469 e. The van der Waals surface area contributed by atoms with E-state index >= 15 is 0 Å². The molecule has 1 saturated heterocycles. The van der Waals surface area contributed by atoms with Gasteiger partial charge in [-0.05, 0) is 50.2 Å². The van der Waals surface area contributed by atoms with Crippen LogP contribution in [0.25, 0.3) is 0 Å². The summed E-state index contributed by atoms with van der Waals surface area (Å²) in [7, 11) is 0. The van der Waals surface area contributed by atoms with Gasteiger partial charge in [0.1, 0.15) is 5.76 Å². The summed E-state index contributed by atoms with van der Waals surface area (Å²) in [4.78, 5) is 29.1. The van der Waals surface area contributed by atoms with Crippen LogP contribution in [0.5, 0.6) is 0 Å². The van der Waals surface area contributed by atoms with E-state index in [2.05, 4.69) is 33.4 Å². The van der Waals surface area contributed by atoms with Gasteiger partial charge in [-0.25, -0.2) is 0 Å². The van der Waals surface area contributed by atoms with E-state index in [0.29, 0.717) is 11.3 Å². The van der Waals surface area contributed by atoms with Gasteiger partial charge in [0.2, 0.25) is 5.91 Å². The van der Waals surface area contributed by atoms with Crippen LogP contribution in [0.1, 0.15) is 28.6 Å². The smallest absolute Gasteiger partial charge is 0.255 e. The summed E-state index contributed by atoms with van der Waals surface area (Å²) in [5.74, 6) is -0.0503. The molecule has 0 radical (unpaired) electrons. The molecule has 28 heavy (non-hydrogen) atoms. The molecule has 7 heteroatoms. The van der Waals surface area contributed by atoms with E-state index in [1.54, 1.807) is 13.0 Å². The van der Waals surface area contributed by atoms with E-state index < -0.39 is 0 Å². The van der Waals surface area contributed by atoms with Crippen LogP contribution in [0, 0.1) is 13.8 Å². The summed E-state index contributed by atoms with van der Waals surface area (Å²) in [5, 5.41) is 5.48. The van der Waals surface area contributed by atoms with Gasteiger partial charge in [0.05, 0.1) is 18.4 Å². The molecule has 0 saturated carbocycles. The monoisotopic (exact) mass is 384 g/mol. The summed E-state index contributed by atoms with van der Waals surface area (Å²) < 4.78 is 5.11. The van der Waals surface area contributed by atoms with Crippen LogP contribution in [0.15, 0.2) is 34.9 Å². The number of hydrogen-bond acceptors (Lipinski definition) is 5. The Kier molecular flexibility index (Phi) is 6.36. The van der Waals surface area contributed by atoms with Crippen molar-refractivity contribution in [3.05, 3.63) is 47.4 Å². The van der Waals surface area contributed by atoms with Crippen molar-refractivity contribution < 1.29 is 14.0 Å². The Hall–Kier alpha value is -2.80. The van der Waals surface area contributed by atoms with Crippen LogP contribution in [0.3, 0.4) is 0 Å². The number of carbonyl (C=O) groups is 2. The number of anilines is 2. The number of furan rings is 1. The Morgan fingerprint density at radius 1 is 1.11 bits per heavy atom. The standard InChI is InChI=1S/C21H28N4O3/c1-4-24-8-10-25(11-9-24)17-5-6-19(15(2)13-17)23-20(26)14-22-21(27)18-7-12-28-16(18)3/h5-7,12-13H,4,8-11,14H2,1-3H3,(H,22,27)(H,23,26). The first-order valence-corrected chi connectivity index (χ1v) is 9.68. The third-order valence-corrected chi connectivity index (χ3v) is 5.18. The highest BCUT2D eigenvalue weighted by Gasteiger charge is 2.17. The minimum atomic E-state index is -0.320. The van der Waals surface area contributed by atoms with E-state index in [-0.39, 0.29) is 18.4 Å². The van der Waals surface area contributed by atoms with Crippen molar-refractivity contribution in [2.24, 2.45) is 0 Å². The van der Waals surface area contributed by atoms with Crippen molar-refractivity contribution in [2.75, 3.05) is 49.5 Å². The Morgan fingerprint density at radius 3 is 2.46 bits per heavy atom. The molecule has 1 fully saturated rings. The molecular formula is C21H28N4O3. The van der Waals surface area contributed by atoms with Crippen LogP contribution in [-0.2, 0) is 4.79 Å². The molecule has 7 nitrogen and oxygen atoms in total. The number of carbonyl (C=O) groups excluding carboxylic acids is 2. The van der Waals surface area contributed by atoms with Crippen molar-refractivity contribution in [3.63, 3.8) is 0 Å². The molecule has 2 aromatic rings. The van der Waals surface area contributed by atoms with Crippen LogP contribution in [-0.4, -0.2) is 56.0 Å². The van der Waals surface area contributed by atoms with Crippen LogP contribution < -0.4 is 15.5 Å². The number of hydrogen-bond donors (Lipinski definition) is 2. The lowest BCUT2D eigenvalue weighted by atomic mass is 10.1. The normalized spacial score (nSPS) is 14.8. The molecule has 0 aliphatic carbocycles. The molecule has 0 spiro atoms. The second-order valence-corrected chi connectivity index (χ2v) is 7.04. The van der Waals surface area contributed by atoms with Crippen molar-refractivity contribution in [1.82, 2.24) is 10.2 Å². The van der Waals surface area contributed by atoms with Crippen LogP contribution >= 0.6 is 0 Å². The van der Waals surface area contributed by atoms with Crippen molar-refractivity contribution in [2.45, 2.75) is 20.8 Å². The highest BCUT2D eigenvalue weighted by molar-refractivity contribution is 6.00. The number of amides is 2. The molecule has 0 bridgehead atoms. The van der Waals surface area contributed by atoms with Gasteiger partial charge < -0.3 is 24.9 Å². The molecule has 3 rings (SSSR count). The maximum absolute atomic E-state index is 12.2. The molecule has 2 amide bonds. The van der Waals surface area contributed by atoms with Gasteiger partial charge in [-0.15, -0.1) is 0 Å². The zero-order chi connectivity index (χ0) is 20.1. The SMILES string of the molecule is CCN1CCN(c2ccc(NC(=O)CNC(=O)c3ccoc3C)c(C)c2)CC1. The fourth-order valence-electron chi connectivity index (χ4n) is 3.38. The predicted octanol–water partition coefficient (Wildman–Crippen LogP) is 2.41. The van der Waals surface area contributed by atoms with Crippen molar-refractivity contribution in [3.8, 4) is 0 Å². The molecule has 1 aromatic carbocycles. The number of aryl methyl sites for hydroxylation is 2. The number of rotatable bonds is 6. The van der Waals surface area contributed by atoms with Gasteiger partial charge in [-0.3, -0.25) is 9.59 Å². The zero-order valence-corrected chi connectivity index (χ0v) is 16.7. The molecule has 1 aliphatic heterocycles. The summed E-state index contributed by atoms with van der Waals surface area (Å²) in [6.45, 7) is 11.1. The van der Waals surface area contributed by atoms with Gasteiger partial charge in [-0.1, -0.05) is 6.92 Å². The van der Waals surface area contributed by atoms with Crippen molar-refractivity contribution in [1.29, 1.82) is 0 Å². The fourth-order valence-corrected chi connectivity index (χ4v) is 3.38. The van der Waals surface area contributed by atoms with Gasteiger partial charge in [0, 0.05) is 37.6 Å². The maximum atomic E-state index is 12.2. The first-order chi connectivity index (χ1) is 13.5. The molecular weight excluding hydrogens is 356 g/mol. The first-order valence-electron chi connectivity index (χ1n) is 9.68. The second-order valence-electron chi connectivity index (χ2n) is 7.04. The third kappa shape index (κ3) is 4.72. The number of nitrogens with zero attached hydrogens (tertiary/aromatic N) is 2. The third-order valence-electron chi connectivity index (χ3n) is 5.18. The Labute approximate surface area is 165 Å². The van der Waals surface area contributed by atoms with Gasteiger partial charge in [-0.2, -0.15) is 0 Å². The first kappa shape index (κ1) is 19.9. The topological polar surface area (TPSA) is 77.8 Å². The van der Waals surface area contributed by atoms with Gasteiger partial charge >= 0.3 is 0 Å². The van der Waals surface area contributed by atoms with Crippen LogP contribution in [0.2, 0.25) is 0 Å². The summed E-state index contributed by atoms with van der Waals surface area (Å²) in [6.07, 6.45) is 1.46. The van der Waals surface area contributed by atoms with Gasteiger partial charge in [0.25, 0.3) is 5.91 Å². The molecule has 0 unspecified atom stereocenters. The quantitative estimate of drug-likeness (QED) is 0.800. The second kappa shape index (κ2) is 8.93. The Bertz CT molecular complexity index is 838. The summed E-state index contributed by atoms with van der Waals surface area (Å²) in [5.41, 5.74) is 3.38. The average Bonchev–Trinajstić information content (AvgIpc) is 3.14. The number of benzene rings is 1. The predicted molar refractivity (Wildman–Crippen MR) is 110 cm³/mol. The number of likely N-dealkylation sites (N-methyl/N-ethyl adjacent to an activating group) is 1. The van der Waals surface area contributed by atoms with E-state index in [1.165, 1.54) is 12.0 Å². The Balaban J connectivity index is 1.53. The van der Waals surface area contributed by atoms with Crippen LogP contribution in [0.4, 0.5) is 11.4 Å². The lowest BCUT2D eigenvalue weighted by Gasteiger charge is -2.35. The van der Waals surface area contributed by atoms with E-state index in [1.807, 2.05) is 19.1 Å². The molecule has 0 atom stereocenters. The highest BCUT2D eigenvalue weighted by Crippen LogP contribution is 2.23. The minimum Gasteiger partial charge on any atom is -0.469 e. The lowest BCUT2D eigenvalue weighted by molar-refractivity contribution is -0.115. The maximum Gasteiger partial charge on any atom is 0.255 e. The van der Waals surface area contributed by atoms with E-state index in [9.17, 15) is 9.59 Å². The Morgan fingerprint density at radius 2 is 1.86 bits per heavy atom. The number of piperazine rings is 1. The fraction of sp³-hybridized carbons (Fsp3) is 0.429. The molecule has 1 aromatic heterocycles. The van der Waals surface area contributed by atoms with Gasteiger partial charge in [0.15, 0.2) is 0 Å². The molecule has 2 heterocycles. The summed E-state index contributed by atoms with van der Waals surface area (Å²) in [6, 6.07) is 7.66. The molecule has 2 N–H and O–H groups in total. The van der Waals surface area contributed by atoms with E-state index in [4.69, 9.17) is 4.42 Å². The molecule has 150 valence electrons. The highest BCUT2D eigenvalue weighted by atomic mass is 16.3. The molecule has 1 aliphatic rings. The summed E-state index contributed by atoms with van der Waals surface area (Å²) >= 11 is 0. The number of nitrogens with one attached hydrogen (secondary N) is 2. The zero-order valence-electron chi connectivity index (χ0n) is 16.7. The van der Waals surface area contributed by atoms with Crippen molar-refractivity contribution >= 4 is 23.2 Å². The lowest BCUT2D eigenvalue weighted by Crippen LogP contribution is -2.46. The van der Waals surface area contributed by atoms with E-state index in [0.717, 1.165) is 44.0 Å². The average molecular weight is 384 g/mol.